The van der Waals surface area contributed by atoms with Crippen molar-refractivity contribution in [1.82, 2.24) is 19.9 Å². The third kappa shape index (κ3) is 2.56. The summed E-state index contributed by atoms with van der Waals surface area (Å²) in [7, 11) is 0. The number of imidazole rings is 1. The fourth-order valence-corrected chi connectivity index (χ4v) is 2.17. The van der Waals surface area contributed by atoms with E-state index >= 15 is 0 Å². The molecule has 2 aromatic heterocycles. The molecule has 0 bridgehead atoms. The highest BCUT2D eigenvalue weighted by Crippen LogP contribution is 2.20. The van der Waals surface area contributed by atoms with E-state index in [4.69, 9.17) is 5.11 Å². The molecule has 0 radical (unpaired) electrons. The lowest BCUT2D eigenvalue weighted by Crippen LogP contribution is -2.11. The van der Waals surface area contributed by atoms with Crippen LogP contribution in [0.25, 0.3) is 11.2 Å². The number of carboxylic acid groups (broad SMARTS) is 1. The molecule has 0 aliphatic heterocycles. The van der Waals surface area contributed by atoms with Crippen LogP contribution in [-0.4, -0.2) is 36.8 Å². The minimum absolute atomic E-state index is 0.0463. The standard InChI is InChI=1S/C8H8N4O4S/c13-3(14)1-2-17-6-4-5(10-7(15)9-4)11-8(16)12-6/h1-2H2,(H,13,14)(H3,9,10,11,12,15,16). The van der Waals surface area contributed by atoms with Crippen molar-refractivity contribution in [2.45, 2.75) is 11.4 Å². The second-order valence-electron chi connectivity index (χ2n) is 3.17. The number of nitrogens with zero attached hydrogens (tertiary/aromatic N) is 1. The van der Waals surface area contributed by atoms with Gasteiger partial charge in [0.15, 0.2) is 0 Å². The van der Waals surface area contributed by atoms with Crippen LogP contribution in [0.2, 0.25) is 0 Å². The zero-order valence-electron chi connectivity index (χ0n) is 8.44. The normalized spacial score (nSPS) is 10.8. The molecule has 0 saturated carbocycles. The third-order valence-electron chi connectivity index (χ3n) is 1.93. The topological polar surface area (TPSA) is 132 Å². The Hall–Kier alpha value is -2.03. The van der Waals surface area contributed by atoms with E-state index in [1.807, 2.05) is 0 Å². The van der Waals surface area contributed by atoms with E-state index in [-0.39, 0.29) is 17.8 Å². The summed E-state index contributed by atoms with van der Waals surface area (Å²) >= 11 is 1.10. The van der Waals surface area contributed by atoms with E-state index in [0.717, 1.165) is 11.8 Å². The smallest absolute Gasteiger partial charge is 0.347 e. The van der Waals surface area contributed by atoms with Crippen LogP contribution in [0.1, 0.15) is 6.42 Å². The number of carbonyl (C=O) groups is 1. The molecule has 9 heteroatoms. The summed E-state index contributed by atoms with van der Waals surface area (Å²) in [6, 6.07) is 0. The van der Waals surface area contributed by atoms with Crippen molar-refractivity contribution in [1.29, 1.82) is 0 Å². The molecule has 2 aromatic rings. The number of aromatic amines is 3. The highest BCUT2D eigenvalue weighted by atomic mass is 32.2. The summed E-state index contributed by atoms with van der Waals surface area (Å²) in [4.78, 5) is 43.5. The van der Waals surface area contributed by atoms with Crippen molar-refractivity contribution in [3.8, 4) is 0 Å². The van der Waals surface area contributed by atoms with Crippen LogP contribution in [-0.2, 0) is 4.79 Å². The van der Waals surface area contributed by atoms with E-state index in [0.29, 0.717) is 10.5 Å². The monoisotopic (exact) mass is 256 g/mol. The van der Waals surface area contributed by atoms with Crippen molar-refractivity contribution < 1.29 is 9.90 Å². The maximum atomic E-state index is 11.2. The Bertz CT molecular complexity index is 670. The van der Waals surface area contributed by atoms with Crippen molar-refractivity contribution in [2.75, 3.05) is 5.75 Å². The van der Waals surface area contributed by atoms with Crippen LogP contribution in [0.5, 0.6) is 0 Å². The van der Waals surface area contributed by atoms with E-state index in [1.54, 1.807) is 0 Å². The number of aliphatic carboxylic acids is 1. The van der Waals surface area contributed by atoms with Crippen LogP contribution >= 0.6 is 11.8 Å². The first-order valence-electron chi connectivity index (χ1n) is 4.63. The molecule has 0 aliphatic carbocycles. The highest BCUT2D eigenvalue weighted by molar-refractivity contribution is 7.99. The van der Waals surface area contributed by atoms with Gasteiger partial charge >= 0.3 is 17.3 Å². The molecule has 90 valence electrons. The first kappa shape index (κ1) is 11.5. The number of aromatic nitrogens is 4. The summed E-state index contributed by atoms with van der Waals surface area (Å²) in [6.07, 6.45) is -0.0463. The van der Waals surface area contributed by atoms with Crippen molar-refractivity contribution in [2.24, 2.45) is 0 Å². The van der Waals surface area contributed by atoms with Gasteiger partial charge in [0.05, 0.1) is 6.42 Å². The molecule has 0 aliphatic rings. The van der Waals surface area contributed by atoms with Gasteiger partial charge in [-0.2, -0.15) is 4.98 Å². The second kappa shape index (κ2) is 4.45. The average Bonchev–Trinajstić information content (AvgIpc) is 2.57. The lowest BCUT2D eigenvalue weighted by molar-refractivity contribution is -0.136. The molecule has 4 N–H and O–H groups in total. The van der Waals surface area contributed by atoms with Gasteiger partial charge in [-0.15, -0.1) is 11.8 Å². The van der Waals surface area contributed by atoms with Gasteiger partial charge in [-0.1, -0.05) is 0 Å². The third-order valence-corrected chi connectivity index (χ3v) is 2.91. The Balaban J connectivity index is 2.35. The number of hydrogen-bond acceptors (Lipinski definition) is 5. The van der Waals surface area contributed by atoms with Crippen molar-refractivity contribution in [3.05, 3.63) is 21.0 Å². The summed E-state index contributed by atoms with van der Waals surface area (Å²) in [5.74, 6) is -0.658. The average molecular weight is 256 g/mol. The van der Waals surface area contributed by atoms with Crippen LogP contribution in [0.4, 0.5) is 0 Å². The zero-order valence-corrected chi connectivity index (χ0v) is 9.26. The molecule has 0 spiro atoms. The Kier molecular flexibility index (Phi) is 3.00. The molecular weight excluding hydrogens is 248 g/mol. The highest BCUT2D eigenvalue weighted by Gasteiger charge is 2.09. The van der Waals surface area contributed by atoms with E-state index in [2.05, 4.69) is 19.9 Å². The lowest BCUT2D eigenvalue weighted by atomic mass is 10.5. The van der Waals surface area contributed by atoms with Crippen LogP contribution < -0.4 is 11.4 Å². The Morgan fingerprint density at radius 1 is 1.29 bits per heavy atom. The molecule has 0 aromatic carbocycles. The van der Waals surface area contributed by atoms with Crippen LogP contribution in [0.3, 0.4) is 0 Å². The van der Waals surface area contributed by atoms with Gasteiger partial charge in [0.2, 0.25) is 0 Å². The SMILES string of the molecule is O=C(O)CCSc1nc(=O)[nH]c2[nH]c(=O)[nH]c12. The molecule has 0 fully saturated rings. The second-order valence-corrected chi connectivity index (χ2v) is 4.25. The molecular formula is C8H8N4O4S. The Morgan fingerprint density at radius 3 is 2.76 bits per heavy atom. The molecule has 0 unspecified atom stereocenters. The summed E-state index contributed by atoms with van der Waals surface area (Å²) < 4.78 is 0. The molecule has 2 rings (SSSR count). The summed E-state index contributed by atoms with van der Waals surface area (Å²) in [6.45, 7) is 0. The van der Waals surface area contributed by atoms with Gasteiger partial charge in [0.25, 0.3) is 0 Å². The molecule has 17 heavy (non-hydrogen) atoms. The minimum Gasteiger partial charge on any atom is -0.481 e. The van der Waals surface area contributed by atoms with E-state index in [9.17, 15) is 14.4 Å². The fraction of sp³-hybridized carbons (Fsp3) is 0.250. The van der Waals surface area contributed by atoms with Gasteiger partial charge in [-0.25, -0.2) is 9.59 Å². The number of H-pyrrole nitrogens is 3. The largest absolute Gasteiger partial charge is 0.481 e. The Labute approximate surface area is 97.5 Å². The minimum atomic E-state index is -0.929. The van der Waals surface area contributed by atoms with Gasteiger partial charge in [-0.05, 0) is 0 Å². The summed E-state index contributed by atoms with van der Waals surface area (Å²) in [5, 5.41) is 8.81. The maximum absolute atomic E-state index is 11.2. The van der Waals surface area contributed by atoms with E-state index in [1.165, 1.54) is 0 Å². The fourth-order valence-electron chi connectivity index (χ4n) is 1.26. The van der Waals surface area contributed by atoms with Gasteiger partial charge < -0.3 is 10.1 Å². The number of thioether (sulfide) groups is 1. The number of rotatable bonds is 4. The zero-order chi connectivity index (χ0) is 12.4. The first-order chi connectivity index (χ1) is 8.06. The number of nitrogens with one attached hydrogen (secondary N) is 3. The van der Waals surface area contributed by atoms with Crippen molar-refractivity contribution in [3.63, 3.8) is 0 Å². The van der Waals surface area contributed by atoms with Crippen LogP contribution in [0, 0.1) is 0 Å². The van der Waals surface area contributed by atoms with Gasteiger partial charge in [-0.3, -0.25) is 14.8 Å². The molecule has 0 atom stereocenters. The molecule has 8 nitrogen and oxygen atoms in total. The predicted molar refractivity (Wildman–Crippen MR) is 60.3 cm³/mol. The molecule has 2 heterocycles. The maximum Gasteiger partial charge on any atom is 0.347 e. The number of hydrogen-bond donors (Lipinski definition) is 4. The summed E-state index contributed by atoms with van der Waals surface area (Å²) in [5.41, 5.74) is -0.410. The quantitative estimate of drug-likeness (QED) is 0.431. The van der Waals surface area contributed by atoms with Gasteiger partial charge in [0.1, 0.15) is 16.2 Å². The Morgan fingerprint density at radius 2 is 2.06 bits per heavy atom. The first-order valence-corrected chi connectivity index (χ1v) is 5.62. The number of fused-ring (bicyclic) bond motifs is 1. The van der Waals surface area contributed by atoms with Gasteiger partial charge in [0, 0.05) is 5.75 Å². The predicted octanol–water partition coefficient (Wildman–Crippen LogP) is -0.494. The molecule has 0 amide bonds. The lowest BCUT2D eigenvalue weighted by Gasteiger charge is -1.98. The van der Waals surface area contributed by atoms with Crippen molar-refractivity contribution >= 4 is 28.9 Å². The molecule has 0 saturated heterocycles. The van der Waals surface area contributed by atoms with Crippen LogP contribution in [0.15, 0.2) is 14.6 Å². The van der Waals surface area contributed by atoms with E-state index < -0.39 is 17.3 Å². The number of carboxylic acids is 1.